The van der Waals surface area contributed by atoms with Crippen molar-refractivity contribution in [3.63, 3.8) is 0 Å². The third-order valence-electron chi connectivity index (χ3n) is 5.84. The number of nitrogens with one attached hydrogen (secondary N) is 2. The smallest absolute Gasteiger partial charge is 0.251 e. The van der Waals surface area contributed by atoms with Crippen molar-refractivity contribution in [2.45, 2.75) is 32.2 Å². The Bertz CT molecular complexity index is 732. The van der Waals surface area contributed by atoms with Crippen LogP contribution in [0.4, 0.5) is 4.39 Å². The second-order valence-corrected chi connectivity index (χ2v) is 7.68. The molecular formula is C21H29FN4O3. The summed E-state index contributed by atoms with van der Waals surface area (Å²) in [4.78, 5) is 40.8. The van der Waals surface area contributed by atoms with E-state index in [1.807, 2.05) is 11.8 Å². The molecule has 2 fully saturated rings. The van der Waals surface area contributed by atoms with Crippen LogP contribution in [0.15, 0.2) is 24.3 Å². The normalized spacial score (nSPS) is 21.0. The number of carbonyl (C=O) groups is 3. The van der Waals surface area contributed by atoms with Gasteiger partial charge in [-0.15, -0.1) is 0 Å². The van der Waals surface area contributed by atoms with Gasteiger partial charge in [0.05, 0.1) is 12.5 Å². The first-order valence-corrected chi connectivity index (χ1v) is 10.3. The van der Waals surface area contributed by atoms with Gasteiger partial charge in [-0.1, -0.05) is 6.92 Å². The van der Waals surface area contributed by atoms with E-state index in [1.165, 1.54) is 24.3 Å². The summed E-state index contributed by atoms with van der Waals surface area (Å²) in [6, 6.07) is 5.09. The summed E-state index contributed by atoms with van der Waals surface area (Å²) < 4.78 is 13.0. The Balaban J connectivity index is 1.42. The van der Waals surface area contributed by atoms with Crippen LogP contribution in [0.25, 0.3) is 0 Å². The Morgan fingerprint density at radius 1 is 1.17 bits per heavy atom. The maximum Gasteiger partial charge on any atom is 0.251 e. The number of benzene rings is 1. The number of halogens is 1. The average Bonchev–Trinajstić information content (AvgIpc) is 2.74. The summed E-state index contributed by atoms with van der Waals surface area (Å²) in [5, 5.41) is 5.74. The van der Waals surface area contributed by atoms with Crippen LogP contribution < -0.4 is 10.6 Å². The Hall–Kier alpha value is -2.48. The largest absolute Gasteiger partial charge is 0.353 e. The summed E-state index contributed by atoms with van der Waals surface area (Å²) in [5.41, 5.74) is 0.435. The van der Waals surface area contributed by atoms with Crippen molar-refractivity contribution < 1.29 is 18.8 Å². The van der Waals surface area contributed by atoms with E-state index in [-0.39, 0.29) is 36.0 Å². The number of rotatable bonds is 6. The molecule has 0 spiro atoms. The molecule has 1 aromatic rings. The first kappa shape index (κ1) is 21.2. The number of carbonyl (C=O) groups excluding carboxylic acids is 3. The number of amides is 3. The molecule has 7 nitrogen and oxygen atoms in total. The highest BCUT2D eigenvalue weighted by Crippen LogP contribution is 2.19. The van der Waals surface area contributed by atoms with E-state index in [9.17, 15) is 18.8 Å². The van der Waals surface area contributed by atoms with Crippen LogP contribution >= 0.6 is 0 Å². The minimum Gasteiger partial charge on any atom is -0.353 e. The zero-order valence-electron chi connectivity index (χ0n) is 16.8. The average molecular weight is 404 g/mol. The van der Waals surface area contributed by atoms with Gasteiger partial charge in [0.2, 0.25) is 11.8 Å². The minimum absolute atomic E-state index is 0.0132. The summed E-state index contributed by atoms with van der Waals surface area (Å²) >= 11 is 0. The molecule has 8 heteroatoms. The van der Waals surface area contributed by atoms with Crippen LogP contribution in [0.2, 0.25) is 0 Å². The van der Waals surface area contributed by atoms with E-state index in [4.69, 9.17) is 0 Å². The van der Waals surface area contributed by atoms with E-state index in [0.717, 1.165) is 25.9 Å². The van der Waals surface area contributed by atoms with Gasteiger partial charge >= 0.3 is 0 Å². The molecule has 0 bridgehead atoms. The summed E-state index contributed by atoms with van der Waals surface area (Å²) in [7, 11) is 0. The molecule has 0 aliphatic carbocycles. The van der Waals surface area contributed by atoms with Gasteiger partial charge in [0, 0.05) is 38.3 Å². The molecule has 2 N–H and O–H groups in total. The van der Waals surface area contributed by atoms with Gasteiger partial charge in [0.15, 0.2) is 0 Å². The quantitative estimate of drug-likeness (QED) is 0.741. The molecule has 0 aromatic heterocycles. The fourth-order valence-electron chi connectivity index (χ4n) is 3.98. The monoisotopic (exact) mass is 404 g/mol. The standard InChI is InChI=1S/C21H29FN4O3/c1-2-25-12-9-23-21(29)18(25)13-19(27)26-10-7-15(8-11-26)14-24-20(28)16-3-5-17(22)6-4-16/h3-6,15,18H,2,7-14H2,1H3,(H,23,29)(H,24,28). The lowest BCUT2D eigenvalue weighted by atomic mass is 9.96. The maximum absolute atomic E-state index is 13.0. The van der Waals surface area contributed by atoms with Crippen molar-refractivity contribution in [3.05, 3.63) is 35.6 Å². The number of hydrogen-bond acceptors (Lipinski definition) is 4. The summed E-state index contributed by atoms with van der Waals surface area (Å²) in [6.07, 6.45) is 1.83. The number of hydrogen-bond donors (Lipinski definition) is 2. The predicted octanol–water partition coefficient (Wildman–Crippen LogP) is 1.00. The first-order valence-electron chi connectivity index (χ1n) is 10.3. The summed E-state index contributed by atoms with van der Waals surface area (Å²) in [6.45, 7) is 5.96. The number of nitrogens with zero attached hydrogens (tertiary/aromatic N) is 2. The van der Waals surface area contributed by atoms with E-state index in [1.54, 1.807) is 0 Å². The van der Waals surface area contributed by atoms with E-state index >= 15 is 0 Å². The zero-order valence-corrected chi connectivity index (χ0v) is 16.8. The highest BCUT2D eigenvalue weighted by atomic mass is 19.1. The highest BCUT2D eigenvalue weighted by molar-refractivity contribution is 5.94. The summed E-state index contributed by atoms with van der Waals surface area (Å²) in [5.74, 6) is -0.337. The molecule has 0 saturated carbocycles. The van der Waals surface area contributed by atoms with Crippen LogP contribution in [0.1, 0.15) is 36.5 Å². The molecule has 3 amide bonds. The van der Waals surface area contributed by atoms with Crippen LogP contribution in [-0.2, 0) is 9.59 Å². The van der Waals surface area contributed by atoms with Crippen molar-refractivity contribution >= 4 is 17.7 Å². The van der Waals surface area contributed by atoms with Crippen molar-refractivity contribution in [1.29, 1.82) is 0 Å². The molecule has 2 aliphatic rings. The molecule has 2 saturated heterocycles. The highest BCUT2D eigenvalue weighted by Gasteiger charge is 2.33. The molecule has 1 aromatic carbocycles. The van der Waals surface area contributed by atoms with Crippen molar-refractivity contribution in [3.8, 4) is 0 Å². The number of likely N-dealkylation sites (tertiary alicyclic amines) is 1. The zero-order chi connectivity index (χ0) is 20.8. The lowest BCUT2D eigenvalue weighted by Crippen LogP contribution is -2.56. The molecule has 0 radical (unpaired) electrons. The van der Waals surface area contributed by atoms with Gasteiger partial charge in [-0.3, -0.25) is 19.3 Å². The Kier molecular flexibility index (Phi) is 7.19. The Morgan fingerprint density at radius 3 is 2.52 bits per heavy atom. The van der Waals surface area contributed by atoms with Crippen LogP contribution in [0.5, 0.6) is 0 Å². The van der Waals surface area contributed by atoms with E-state index < -0.39 is 0 Å². The lowest BCUT2D eigenvalue weighted by molar-refractivity contribution is -0.139. The van der Waals surface area contributed by atoms with E-state index in [0.29, 0.717) is 37.7 Å². The first-order chi connectivity index (χ1) is 14.0. The molecule has 1 unspecified atom stereocenters. The van der Waals surface area contributed by atoms with Gasteiger partial charge in [-0.25, -0.2) is 4.39 Å². The van der Waals surface area contributed by atoms with Crippen molar-refractivity contribution in [1.82, 2.24) is 20.4 Å². The molecule has 2 heterocycles. The van der Waals surface area contributed by atoms with Gasteiger partial charge < -0.3 is 15.5 Å². The Morgan fingerprint density at radius 2 is 1.86 bits per heavy atom. The topological polar surface area (TPSA) is 81.8 Å². The number of piperidine rings is 1. The molecule has 2 aliphatic heterocycles. The minimum atomic E-state index is -0.381. The molecule has 158 valence electrons. The maximum atomic E-state index is 13.0. The fourth-order valence-corrected chi connectivity index (χ4v) is 3.98. The van der Waals surface area contributed by atoms with Crippen LogP contribution in [0, 0.1) is 11.7 Å². The SMILES string of the molecule is CCN1CCNC(=O)C1CC(=O)N1CCC(CNC(=O)c2ccc(F)cc2)CC1. The molecule has 1 atom stereocenters. The molecule has 3 rings (SSSR count). The second-order valence-electron chi connectivity index (χ2n) is 7.68. The third-order valence-corrected chi connectivity index (χ3v) is 5.84. The van der Waals surface area contributed by atoms with Crippen molar-refractivity contribution in [2.24, 2.45) is 5.92 Å². The number of likely N-dealkylation sites (N-methyl/N-ethyl adjacent to an activating group) is 1. The molecular weight excluding hydrogens is 375 g/mol. The van der Waals surface area contributed by atoms with Gasteiger partial charge in [-0.05, 0) is 49.6 Å². The van der Waals surface area contributed by atoms with Crippen LogP contribution in [0.3, 0.4) is 0 Å². The second kappa shape index (κ2) is 9.82. The van der Waals surface area contributed by atoms with Crippen molar-refractivity contribution in [2.75, 3.05) is 39.3 Å². The van der Waals surface area contributed by atoms with E-state index in [2.05, 4.69) is 15.5 Å². The number of piperazine rings is 1. The van der Waals surface area contributed by atoms with Gasteiger partial charge in [-0.2, -0.15) is 0 Å². The van der Waals surface area contributed by atoms with Gasteiger partial charge in [0.1, 0.15) is 5.82 Å². The van der Waals surface area contributed by atoms with Crippen LogP contribution in [-0.4, -0.2) is 72.8 Å². The van der Waals surface area contributed by atoms with Gasteiger partial charge in [0.25, 0.3) is 5.91 Å². The Labute approximate surface area is 170 Å². The fraction of sp³-hybridized carbons (Fsp3) is 0.571. The molecule has 29 heavy (non-hydrogen) atoms. The third kappa shape index (κ3) is 5.53. The lowest BCUT2D eigenvalue weighted by Gasteiger charge is -2.36. The predicted molar refractivity (Wildman–Crippen MR) is 107 cm³/mol.